The van der Waals surface area contributed by atoms with Gasteiger partial charge < -0.3 is 5.32 Å². The van der Waals surface area contributed by atoms with Gasteiger partial charge in [0.05, 0.1) is 0 Å². The number of hydrogen-bond acceptors (Lipinski definition) is 1. The van der Waals surface area contributed by atoms with Gasteiger partial charge in [0.2, 0.25) is 0 Å². The molecular weight excluding hydrogens is 322 g/mol. The summed E-state index contributed by atoms with van der Waals surface area (Å²) in [5, 5.41) is 4.40. The van der Waals surface area contributed by atoms with Crippen LogP contribution >= 0.6 is 27.5 Å². The summed E-state index contributed by atoms with van der Waals surface area (Å²) < 4.78 is 1.11. The third-order valence-corrected chi connectivity index (χ3v) is 4.44. The molecule has 0 radical (unpaired) electrons. The molecule has 0 aromatic heterocycles. The number of rotatable bonds is 3. The van der Waals surface area contributed by atoms with Gasteiger partial charge in [0, 0.05) is 21.2 Å². The maximum absolute atomic E-state index is 6.03. The Hall–Kier alpha value is -0.990. The lowest BCUT2D eigenvalue weighted by Gasteiger charge is -2.37. The third-order valence-electron chi connectivity index (χ3n) is 3.67. The van der Waals surface area contributed by atoms with Gasteiger partial charge in [0.1, 0.15) is 0 Å². The third kappa shape index (κ3) is 3.13. The van der Waals surface area contributed by atoms with Crippen molar-refractivity contribution in [1.82, 2.24) is 0 Å². The summed E-state index contributed by atoms with van der Waals surface area (Å²) in [6.07, 6.45) is 2.35. The van der Waals surface area contributed by atoms with Gasteiger partial charge in [-0.15, -0.1) is 0 Å². The van der Waals surface area contributed by atoms with Gasteiger partial charge in [-0.3, -0.25) is 0 Å². The number of hydrogen-bond donors (Lipinski definition) is 1. The molecule has 0 aliphatic heterocycles. The molecule has 0 saturated heterocycles. The highest BCUT2D eigenvalue weighted by molar-refractivity contribution is 9.10. The van der Waals surface area contributed by atoms with E-state index in [1.165, 1.54) is 24.1 Å². The summed E-state index contributed by atoms with van der Waals surface area (Å²) in [5.74, 6) is 0.645. The Morgan fingerprint density at radius 1 is 1.05 bits per heavy atom. The van der Waals surface area contributed by atoms with E-state index in [1.54, 1.807) is 0 Å². The topological polar surface area (TPSA) is 12.0 Å². The Kier molecular flexibility index (Phi) is 3.81. The molecule has 0 atom stereocenters. The summed E-state index contributed by atoms with van der Waals surface area (Å²) in [6, 6.07) is 17.1. The molecule has 98 valence electrons. The fourth-order valence-electron chi connectivity index (χ4n) is 2.55. The van der Waals surface area contributed by atoms with Crippen LogP contribution in [0.15, 0.2) is 53.0 Å². The van der Waals surface area contributed by atoms with E-state index in [4.69, 9.17) is 11.6 Å². The highest BCUT2D eigenvalue weighted by Crippen LogP contribution is 2.39. The SMILES string of the molecule is Clc1cccc(C2CC(Nc3ccc(Br)cc3)C2)c1. The predicted molar refractivity (Wildman–Crippen MR) is 85.0 cm³/mol. The van der Waals surface area contributed by atoms with Crippen molar-refractivity contribution in [3.63, 3.8) is 0 Å². The van der Waals surface area contributed by atoms with Crippen molar-refractivity contribution >= 4 is 33.2 Å². The second-order valence-electron chi connectivity index (χ2n) is 5.07. The van der Waals surface area contributed by atoms with Gasteiger partial charge in [-0.2, -0.15) is 0 Å². The smallest absolute Gasteiger partial charge is 0.0408 e. The van der Waals surface area contributed by atoms with Crippen LogP contribution < -0.4 is 5.32 Å². The molecule has 1 fully saturated rings. The van der Waals surface area contributed by atoms with E-state index in [2.05, 4.69) is 57.6 Å². The summed E-state index contributed by atoms with van der Waals surface area (Å²) in [5.41, 5.74) is 2.55. The van der Waals surface area contributed by atoms with Gasteiger partial charge in [0.25, 0.3) is 0 Å². The van der Waals surface area contributed by atoms with Crippen LogP contribution in [0.25, 0.3) is 0 Å². The minimum atomic E-state index is 0.574. The Bertz CT molecular complexity index is 561. The zero-order chi connectivity index (χ0) is 13.2. The molecule has 0 spiro atoms. The first-order valence-electron chi connectivity index (χ1n) is 6.48. The second-order valence-corrected chi connectivity index (χ2v) is 6.42. The van der Waals surface area contributed by atoms with E-state index in [0.717, 1.165) is 9.50 Å². The van der Waals surface area contributed by atoms with Crippen LogP contribution in [0.1, 0.15) is 24.3 Å². The van der Waals surface area contributed by atoms with Gasteiger partial charge in [-0.05, 0) is 60.7 Å². The van der Waals surface area contributed by atoms with Gasteiger partial charge in [-0.1, -0.05) is 39.7 Å². The van der Waals surface area contributed by atoms with Crippen molar-refractivity contribution in [1.29, 1.82) is 0 Å². The lowest BCUT2D eigenvalue weighted by molar-refractivity contribution is 0.374. The fourth-order valence-corrected chi connectivity index (χ4v) is 3.01. The van der Waals surface area contributed by atoms with E-state index >= 15 is 0 Å². The van der Waals surface area contributed by atoms with Gasteiger partial charge in [-0.25, -0.2) is 0 Å². The van der Waals surface area contributed by atoms with Crippen LogP contribution in [0.3, 0.4) is 0 Å². The minimum Gasteiger partial charge on any atom is -0.382 e. The molecule has 1 aliphatic rings. The van der Waals surface area contributed by atoms with Crippen molar-refractivity contribution < 1.29 is 0 Å². The van der Waals surface area contributed by atoms with Crippen molar-refractivity contribution in [3.05, 3.63) is 63.6 Å². The Labute approximate surface area is 127 Å². The van der Waals surface area contributed by atoms with E-state index in [9.17, 15) is 0 Å². The first-order valence-corrected chi connectivity index (χ1v) is 7.65. The Morgan fingerprint density at radius 3 is 2.47 bits per heavy atom. The largest absolute Gasteiger partial charge is 0.382 e. The molecule has 0 unspecified atom stereocenters. The highest BCUT2D eigenvalue weighted by atomic mass is 79.9. The monoisotopic (exact) mass is 335 g/mol. The minimum absolute atomic E-state index is 0.574. The highest BCUT2D eigenvalue weighted by Gasteiger charge is 2.30. The second kappa shape index (κ2) is 5.56. The Balaban J connectivity index is 1.57. The van der Waals surface area contributed by atoms with Gasteiger partial charge >= 0.3 is 0 Å². The van der Waals surface area contributed by atoms with E-state index in [1.807, 2.05) is 12.1 Å². The zero-order valence-electron chi connectivity index (χ0n) is 10.4. The molecule has 0 heterocycles. The summed E-state index contributed by atoms with van der Waals surface area (Å²) in [6.45, 7) is 0. The van der Waals surface area contributed by atoms with Crippen molar-refractivity contribution in [2.45, 2.75) is 24.8 Å². The molecule has 0 bridgehead atoms. The van der Waals surface area contributed by atoms with Crippen molar-refractivity contribution in [3.8, 4) is 0 Å². The molecule has 1 saturated carbocycles. The molecule has 0 amide bonds. The van der Waals surface area contributed by atoms with E-state index in [-0.39, 0.29) is 0 Å². The molecule has 3 rings (SSSR count). The number of halogens is 2. The summed E-state index contributed by atoms with van der Waals surface area (Å²) >= 11 is 9.48. The first-order chi connectivity index (χ1) is 9.20. The number of benzene rings is 2. The molecule has 2 aromatic rings. The zero-order valence-corrected chi connectivity index (χ0v) is 12.8. The average Bonchev–Trinajstić information content (AvgIpc) is 2.35. The standard InChI is InChI=1S/C16H15BrClN/c17-13-4-6-15(7-5-13)19-16-9-12(10-16)11-2-1-3-14(18)8-11/h1-8,12,16,19H,9-10H2. The van der Waals surface area contributed by atoms with Crippen LogP contribution in [0.4, 0.5) is 5.69 Å². The van der Waals surface area contributed by atoms with E-state index in [0.29, 0.717) is 12.0 Å². The van der Waals surface area contributed by atoms with Gasteiger partial charge in [0.15, 0.2) is 0 Å². The Morgan fingerprint density at radius 2 is 1.79 bits per heavy atom. The molecule has 2 aromatic carbocycles. The fraction of sp³-hybridized carbons (Fsp3) is 0.250. The molecule has 1 N–H and O–H groups in total. The number of anilines is 1. The normalized spacial score (nSPS) is 21.8. The molecule has 1 nitrogen and oxygen atoms in total. The van der Waals surface area contributed by atoms with Crippen LogP contribution in [0, 0.1) is 0 Å². The maximum atomic E-state index is 6.03. The van der Waals surface area contributed by atoms with Crippen LogP contribution in [0.5, 0.6) is 0 Å². The summed E-state index contributed by atoms with van der Waals surface area (Å²) in [7, 11) is 0. The lowest BCUT2D eigenvalue weighted by Crippen LogP contribution is -2.33. The van der Waals surface area contributed by atoms with E-state index < -0.39 is 0 Å². The number of nitrogens with one attached hydrogen (secondary N) is 1. The predicted octanol–water partition coefficient (Wildman–Crippen LogP) is 5.46. The molecular formula is C16H15BrClN. The summed E-state index contributed by atoms with van der Waals surface area (Å²) in [4.78, 5) is 0. The van der Waals surface area contributed by atoms with Crippen LogP contribution in [0.2, 0.25) is 5.02 Å². The van der Waals surface area contributed by atoms with Crippen LogP contribution in [-0.4, -0.2) is 6.04 Å². The molecule has 1 aliphatic carbocycles. The van der Waals surface area contributed by atoms with Crippen molar-refractivity contribution in [2.75, 3.05) is 5.32 Å². The quantitative estimate of drug-likeness (QED) is 0.784. The lowest BCUT2D eigenvalue weighted by atomic mass is 9.76. The average molecular weight is 337 g/mol. The first kappa shape index (κ1) is 13.0. The maximum Gasteiger partial charge on any atom is 0.0408 e. The molecule has 19 heavy (non-hydrogen) atoms. The van der Waals surface area contributed by atoms with Crippen molar-refractivity contribution in [2.24, 2.45) is 0 Å². The van der Waals surface area contributed by atoms with Crippen LogP contribution in [-0.2, 0) is 0 Å². The molecule has 3 heteroatoms.